The Morgan fingerprint density at radius 3 is 3.00 bits per heavy atom. The third-order valence-electron chi connectivity index (χ3n) is 4.29. The molecule has 0 saturated carbocycles. The first-order valence-corrected chi connectivity index (χ1v) is 8.01. The Balaban J connectivity index is 2.15. The fraction of sp³-hybridized carbons (Fsp3) is 0.647. The van der Waals surface area contributed by atoms with Crippen molar-refractivity contribution in [1.29, 1.82) is 0 Å². The molecule has 0 amide bonds. The lowest BCUT2D eigenvalue weighted by molar-refractivity contribution is 0.199. The van der Waals surface area contributed by atoms with Crippen LogP contribution in [0.2, 0.25) is 0 Å². The van der Waals surface area contributed by atoms with Crippen molar-refractivity contribution in [2.24, 2.45) is 0 Å². The van der Waals surface area contributed by atoms with Crippen LogP contribution < -0.4 is 10.2 Å². The SMILES string of the molecule is CCC1CCCCN1c1cccc(F)c1CNCCOC. The predicted molar refractivity (Wildman–Crippen MR) is 85.3 cm³/mol. The van der Waals surface area contributed by atoms with Crippen LogP contribution in [0.1, 0.15) is 38.2 Å². The third-order valence-corrected chi connectivity index (χ3v) is 4.29. The van der Waals surface area contributed by atoms with Gasteiger partial charge in [-0.15, -0.1) is 0 Å². The first kappa shape index (κ1) is 16.2. The molecule has 2 rings (SSSR count). The average Bonchev–Trinajstić information content (AvgIpc) is 2.52. The van der Waals surface area contributed by atoms with Gasteiger partial charge in [0.1, 0.15) is 5.82 Å². The largest absolute Gasteiger partial charge is 0.383 e. The molecule has 0 radical (unpaired) electrons. The third kappa shape index (κ3) is 4.17. The van der Waals surface area contributed by atoms with Crippen molar-refractivity contribution in [3.63, 3.8) is 0 Å². The van der Waals surface area contributed by atoms with Crippen LogP contribution >= 0.6 is 0 Å². The van der Waals surface area contributed by atoms with Crippen LogP contribution in [0.25, 0.3) is 0 Å². The zero-order valence-corrected chi connectivity index (χ0v) is 13.2. The van der Waals surface area contributed by atoms with Gasteiger partial charge >= 0.3 is 0 Å². The minimum atomic E-state index is -0.113. The quantitative estimate of drug-likeness (QED) is 0.781. The summed E-state index contributed by atoms with van der Waals surface area (Å²) in [5, 5.41) is 3.26. The molecule has 1 aromatic carbocycles. The van der Waals surface area contributed by atoms with E-state index >= 15 is 0 Å². The maximum Gasteiger partial charge on any atom is 0.129 e. The molecule has 1 aliphatic rings. The van der Waals surface area contributed by atoms with Gasteiger partial charge in [-0.1, -0.05) is 13.0 Å². The molecule has 0 aliphatic carbocycles. The number of piperidine rings is 1. The van der Waals surface area contributed by atoms with E-state index in [9.17, 15) is 4.39 Å². The van der Waals surface area contributed by atoms with Gasteiger partial charge in [-0.3, -0.25) is 0 Å². The van der Waals surface area contributed by atoms with Crippen molar-refractivity contribution in [3.05, 3.63) is 29.6 Å². The highest BCUT2D eigenvalue weighted by Crippen LogP contribution is 2.30. The summed E-state index contributed by atoms with van der Waals surface area (Å²) in [6.07, 6.45) is 4.81. The van der Waals surface area contributed by atoms with Gasteiger partial charge in [0, 0.05) is 44.0 Å². The molecule has 0 bridgehead atoms. The lowest BCUT2D eigenvalue weighted by Crippen LogP contribution is -2.40. The number of nitrogens with zero attached hydrogens (tertiary/aromatic N) is 1. The Labute approximate surface area is 127 Å². The van der Waals surface area contributed by atoms with Gasteiger partial charge in [0.2, 0.25) is 0 Å². The molecule has 4 heteroatoms. The lowest BCUT2D eigenvalue weighted by Gasteiger charge is -2.38. The summed E-state index contributed by atoms with van der Waals surface area (Å²) in [4.78, 5) is 2.40. The molecule has 0 aromatic heterocycles. The summed E-state index contributed by atoms with van der Waals surface area (Å²) in [5.74, 6) is -0.113. The van der Waals surface area contributed by atoms with Crippen molar-refractivity contribution in [3.8, 4) is 0 Å². The van der Waals surface area contributed by atoms with E-state index in [0.717, 1.165) is 30.8 Å². The molecule has 3 nitrogen and oxygen atoms in total. The van der Waals surface area contributed by atoms with E-state index in [2.05, 4.69) is 23.2 Å². The standard InChI is InChI=1S/C17H27FN2O/c1-3-14-7-4-5-11-20(14)17-9-6-8-16(18)15(17)13-19-10-12-21-2/h6,8-9,14,19H,3-5,7,10-13H2,1-2H3. The summed E-state index contributed by atoms with van der Waals surface area (Å²) in [5.41, 5.74) is 1.85. The van der Waals surface area contributed by atoms with Crippen LogP contribution in [0.5, 0.6) is 0 Å². The van der Waals surface area contributed by atoms with E-state index in [0.29, 0.717) is 19.2 Å². The van der Waals surface area contributed by atoms with Crippen LogP contribution in [0.4, 0.5) is 10.1 Å². The first-order chi connectivity index (χ1) is 10.3. The second-order valence-electron chi connectivity index (χ2n) is 5.66. The van der Waals surface area contributed by atoms with E-state index in [4.69, 9.17) is 4.74 Å². The van der Waals surface area contributed by atoms with Gasteiger partial charge in [-0.05, 0) is 37.8 Å². The van der Waals surface area contributed by atoms with Gasteiger partial charge in [0.05, 0.1) is 6.61 Å². The molecule has 118 valence electrons. The average molecular weight is 294 g/mol. The Morgan fingerprint density at radius 2 is 2.24 bits per heavy atom. The van der Waals surface area contributed by atoms with Gasteiger partial charge in [0.15, 0.2) is 0 Å². The van der Waals surface area contributed by atoms with E-state index in [1.807, 2.05) is 6.07 Å². The number of ether oxygens (including phenoxy) is 1. The number of nitrogens with one attached hydrogen (secondary N) is 1. The summed E-state index contributed by atoms with van der Waals surface area (Å²) in [6, 6.07) is 5.98. The van der Waals surface area contributed by atoms with E-state index in [-0.39, 0.29) is 5.82 Å². The van der Waals surface area contributed by atoms with E-state index in [1.54, 1.807) is 13.2 Å². The zero-order chi connectivity index (χ0) is 15.1. The monoisotopic (exact) mass is 294 g/mol. The van der Waals surface area contributed by atoms with Crippen molar-refractivity contribution >= 4 is 5.69 Å². The van der Waals surface area contributed by atoms with Crippen LogP contribution in [-0.4, -0.2) is 32.8 Å². The fourth-order valence-electron chi connectivity index (χ4n) is 3.12. The van der Waals surface area contributed by atoms with Gasteiger partial charge in [0.25, 0.3) is 0 Å². The Hall–Kier alpha value is -1.13. The molecule has 1 atom stereocenters. The zero-order valence-electron chi connectivity index (χ0n) is 13.2. The number of rotatable bonds is 7. The minimum Gasteiger partial charge on any atom is -0.383 e. The number of halogens is 1. The van der Waals surface area contributed by atoms with Crippen molar-refractivity contribution in [2.75, 3.05) is 31.7 Å². The van der Waals surface area contributed by atoms with Gasteiger partial charge in [-0.2, -0.15) is 0 Å². The molecule has 1 unspecified atom stereocenters. The molecule has 1 saturated heterocycles. The maximum atomic E-state index is 14.2. The lowest BCUT2D eigenvalue weighted by atomic mass is 9.97. The predicted octanol–water partition coefficient (Wildman–Crippen LogP) is 3.33. The highest BCUT2D eigenvalue weighted by molar-refractivity contribution is 5.55. The minimum absolute atomic E-state index is 0.113. The molecule has 1 N–H and O–H groups in total. The number of hydrogen-bond acceptors (Lipinski definition) is 3. The van der Waals surface area contributed by atoms with E-state index < -0.39 is 0 Å². The molecular formula is C17H27FN2O. The van der Waals surface area contributed by atoms with E-state index in [1.165, 1.54) is 19.3 Å². The Morgan fingerprint density at radius 1 is 1.38 bits per heavy atom. The van der Waals surface area contributed by atoms with Crippen molar-refractivity contribution in [1.82, 2.24) is 5.32 Å². The summed E-state index contributed by atoms with van der Waals surface area (Å²) < 4.78 is 19.3. The molecular weight excluding hydrogens is 267 g/mol. The Bertz CT molecular complexity index is 439. The van der Waals surface area contributed by atoms with Crippen LogP contribution in [0.15, 0.2) is 18.2 Å². The molecule has 0 spiro atoms. The summed E-state index contributed by atoms with van der Waals surface area (Å²) in [6.45, 7) is 5.19. The molecule has 1 fully saturated rings. The Kier molecular flexibility index (Phi) is 6.46. The number of methoxy groups -OCH3 is 1. The second kappa shape index (κ2) is 8.35. The molecule has 1 aliphatic heterocycles. The summed E-state index contributed by atoms with van der Waals surface area (Å²) in [7, 11) is 1.68. The van der Waals surface area contributed by atoms with Crippen molar-refractivity contribution in [2.45, 2.75) is 45.2 Å². The number of anilines is 1. The topological polar surface area (TPSA) is 24.5 Å². The van der Waals surface area contributed by atoms with Crippen molar-refractivity contribution < 1.29 is 9.13 Å². The maximum absolute atomic E-state index is 14.2. The normalized spacial score (nSPS) is 19.0. The van der Waals surface area contributed by atoms with Gasteiger partial charge in [-0.25, -0.2) is 4.39 Å². The molecule has 1 aromatic rings. The fourth-order valence-corrected chi connectivity index (χ4v) is 3.12. The van der Waals surface area contributed by atoms with Crippen LogP contribution in [0, 0.1) is 5.82 Å². The number of hydrogen-bond donors (Lipinski definition) is 1. The summed E-state index contributed by atoms with van der Waals surface area (Å²) >= 11 is 0. The highest BCUT2D eigenvalue weighted by atomic mass is 19.1. The smallest absolute Gasteiger partial charge is 0.129 e. The van der Waals surface area contributed by atoms with Crippen LogP contribution in [0.3, 0.4) is 0 Å². The second-order valence-corrected chi connectivity index (χ2v) is 5.66. The van der Waals surface area contributed by atoms with Gasteiger partial charge < -0.3 is 15.0 Å². The molecule has 1 heterocycles. The molecule has 21 heavy (non-hydrogen) atoms. The number of benzene rings is 1. The highest BCUT2D eigenvalue weighted by Gasteiger charge is 2.23. The van der Waals surface area contributed by atoms with Crippen LogP contribution in [-0.2, 0) is 11.3 Å². The first-order valence-electron chi connectivity index (χ1n) is 8.01.